The number of halogens is 1. The Balaban J connectivity index is 1.89. The summed E-state index contributed by atoms with van der Waals surface area (Å²) in [4.78, 5) is 11.3. The molecule has 1 aromatic carbocycles. The fourth-order valence-electron chi connectivity index (χ4n) is 2.30. The molecule has 1 aromatic rings. The first-order chi connectivity index (χ1) is 9.16. The minimum Gasteiger partial charge on any atom is -0.493 e. The molecule has 2 rings (SSSR count). The van der Waals surface area contributed by atoms with Gasteiger partial charge in [-0.2, -0.15) is 0 Å². The number of piperidine rings is 1. The second-order valence-corrected chi connectivity index (χ2v) is 5.70. The van der Waals surface area contributed by atoms with E-state index in [1.54, 1.807) is 12.1 Å². The van der Waals surface area contributed by atoms with E-state index >= 15 is 0 Å². The molecule has 0 aromatic heterocycles. The average Bonchev–Trinajstić information content (AvgIpc) is 2.41. The molecular weight excluding hydrogens is 308 g/mol. The molecule has 5 heteroatoms. The van der Waals surface area contributed by atoms with Gasteiger partial charge in [0, 0.05) is 10.5 Å². The molecule has 0 saturated carbocycles. The lowest BCUT2D eigenvalue weighted by Gasteiger charge is -2.23. The van der Waals surface area contributed by atoms with Gasteiger partial charge in [0.25, 0.3) is 5.91 Å². The molecule has 0 bridgehead atoms. The highest BCUT2D eigenvalue weighted by atomic mass is 79.9. The number of amides is 1. The van der Waals surface area contributed by atoms with Crippen molar-refractivity contribution in [1.82, 2.24) is 5.32 Å². The van der Waals surface area contributed by atoms with E-state index in [1.807, 2.05) is 6.07 Å². The predicted molar refractivity (Wildman–Crippen MR) is 78.4 cm³/mol. The molecule has 1 aliphatic heterocycles. The molecule has 1 amide bonds. The van der Waals surface area contributed by atoms with E-state index in [-0.39, 0.29) is 0 Å². The molecule has 1 saturated heterocycles. The van der Waals surface area contributed by atoms with Crippen LogP contribution in [0.3, 0.4) is 0 Å². The van der Waals surface area contributed by atoms with Gasteiger partial charge in [-0.25, -0.2) is 0 Å². The highest BCUT2D eigenvalue weighted by molar-refractivity contribution is 9.10. The molecule has 19 heavy (non-hydrogen) atoms. The second kappa shape index (κ2) is 6.91. The summed E-state index contributed by atoms with van der Waals surface area (Å²) in [5.41, 5.74) is 5.77. The Labute approximate surface area is 121 Å². The van der Waals surface area contributed by atoms with E-state index in [9.17, 15) is 4.79 Å². The first kappa shape index (κ1) is 14.3. The van der Waals surface area contributed by atoms with Gasteiger partial charge in [-0.1, -0.05) is 22.4 Å². The van der Waals surface area contributed by atoms with Crippen molar-refractivity contribution in [2.45, 2.75) is 31.7 Å². The number of carbonyl (C=O) groups is 1. The molecule has 1 aliphatic rings. The SMILES string of the molecule is NC(=O)c1cc(Br)ccc1OCCC1CCCCN1. The van der Waals surface area contributed by atoms with Crippen LogP contribution in [0.2, 0.25) is 0 Å². The van der Waals surface area contributed by atoms with Gasteiger partial charge in [0.2, 0.25) is 0 Å². The number of benzene rings is 1. The smallest absolute Gasteiger partial charge is 0.252 e. The van der Waals surface area contributed by atoms with Crippen LogP contribution in [0.25, 0.3) is 0 Å². The number of rotatable bonds is 5. The van der Waals surface area contributed by atoms with E-state index in [2.05, 4.69) is 21.2 Å². The minimum absolute atomic E-state index is 0.422. The topological polar surface area (TPSA) is 64.4 Å². The zero-order chi connectivity index (χ0) is 13.7. The van der Waals surface area contributed by atoms with Crippen molar-refractivity contribution in [2.24, 2.45) is 5.73 Å². The van der Waals surface area contributed by atoms with Crippen molar-refractivity contribution < 1.29 is 9.53 Å². The van der Waals surface area contributed by atoms with Crippen molar-refractivity contribution in [2.75, 3.05) is 13.2 Å². The van der Waals surface area contributed by atoms with Crippen LogP contribution in [0, 0.1) is 0 Å². The third-order valence-corrected chi connectivity index (χ3v) is 3.84. The summed E-state index contributed by atoms with van der Waals surface area (Å²) in [5.74, 6) is 0.0959. The third kappa shape index (κ3) is 4.21. The molecule has 0 radical (unpaired) electrons. The van der Waals surface area contributed by atoms with Crippen molar-refractivity contribution in [3.63, 3.8) is 0 Å². The number of hydrogen-bond donors (Lipinski definition) is 2. The van der Waals surface area contributed by atoms with Crippen LogP contribution in [-0.4, -0.2) is 25.1 Å². The summed E-state index contributed by atoms with van der Waals surface area (Å²) in [7, 11) is 0. The standard InChI is InChI=1S/C14H19BrN2O2/c15-10-4-5-13(12(9-10)14(16)18)19-8-6-11-3-1-2-7-17-11/h4-5,9,11,17H,1-3,6-8H2,(H2,16,18). The average molecular weight is 327 g/mol. The molecule has 1 atom stereocenters. The summed E-state index contributed by atoms with van der Waals surface area (Å²) >= 11 is 3.32. The minimum atomic E-state index is -0.466. The molecule has 0 spiro atoms. The number of ether oxygens (including phenoxy) is 1. The lowest BCUT2D eigenvalue weighted by Crippen LogP contribution is -2.35. The number of hydrogen-bond acceptors (Lipinski definition) is 3. The van der Waals surface area contributed by atoms with Gasteiger partial charge in [0.1, 0.15) is 5.75 Å². The van der Waals surface area contributed by atoms with Gasteiger partial charge in [-0.3, -0.25) is 4.79 Å². The molecule has 3 N–H and O–H groups in total. The second-order valence-electron chi connectivity index (χ2n) is 4.79. The van der Waals surface area contributed by atoms with Gasteiger partial charge < -0.3 is 15.8 Å². The largest absolute Gasteiger partial charge is 0.493 e. The van der Waals surface area contributed by atoms with Crippen molar-refractivity contribution in [3.8, 4) is 5.75 Å². The summed E-state index contributed by atoms with van der Waals surface area (Å²) < 4.78 is 6.52. The van der Waals surface area contributed by atoms with E-state index in [4.69, 9.17) is 10.5 Å². The number of carbonyl (C=O) groups excluding carboxylic acids is 1. The van der Waals surface area contributed by atoms with Gasteiger partial charge in [0.15, 0.2) is 0 Å². The summed E-state index contributed by atoms with van der Waals surface area (Å²) in [6.07, 6.45) is 4.69. The maximum Gasteiger partial charge on any atom is 0.252 e. The monoisotopic (exact) mass is 326 g/mol. The summed E-state index contributed by atoms with van der Waals surface area (Å²) in [6.45, 7) is 1.69. The first-order valence-corrected chi connectivity index (χ1v) is 7.41. The molecule has 0 aliphatic carbocycles. The van der Waals surface area contributed by atoms with Crippen LogP contribution in [0.1, 0.15) is 36.0 Å². The maximum absolute atomic E-state index is 11.3. The van der Waals surface area contributed by atoms with Crippen LogP contribution in [-0.2, 0) is 0 Å². The molecular formula is C14H19BrN2O2. The summed E-state index contributed by atoms with van der Waals surface area (Å²) in [6, 6.07) is 5.84. The zero-order valence-electron chi connectivity index (χ0n) is 10.8. The number of primary amides is 1. The highest BCUT2D eigenvalue weighted by Gasteiger charge is 2.14. The van der Waals surface area contributed by atoms with Crippen molar-refractivity contribution in [3.05, 3.63) is 28.2 Å². The van der Waals surface area contributed by atoms with Crippen LogP contribution in [0.4, 0.5) is 0 Å². The van der Waals surface area contributed by atoms with Gasteiger partial charge in [0.05, 0.1) is 12.2 Å². The van der Waals surface area contributed by atoms with Crippen molar-refractivity contribution in [1.29, 1.82) is 0 Å². The van der Waals surface area contributed by atoms with E-state index in [1.165, 1.54) is 19.3 Å². The molecule has 1 heterocycles. The van der Waals surface area contributed by atoms with Gasteiger partial charge in [-0.05, 0) is 44.0 Å². The van der Waals surface area contributed by atoms with E-state index in [0.29, 0.717) is 24.0 Å². The highest BCUT2D eigenvalue weighted by Crippen LogP contribution is 2.23. The molecule has 104 valence electrons. The molecule has 1 unspecified atom stereocenters. The predicted octanol–water partition coefficient (Wildman–Crippen LogP) is 2.46. The Morgan fingerprint density at radius 1 is 1.47 bits per heavy atom. The fraction of sp³-hybridized carbons (Fsp3) is 0.500. The molecule has 4 nitrogen and oxygen atoms in total. The first-order valence-electron chi connectivity index (χ1n) is 6.62. The Bertz CT molecular complexity index is 445. The Morgan fingerprint density at radius 3 is 3.00 bits per heavy atom. The summed E-state index contributed by atoms with van der Waals surface area (Å²) in [5, 5.41) is 3.47. The zero-order valence-corrected chi connectivity index (χ0v) is 12.4. The Kier molecular flexibility index (Phi) is 5.22. The normalized spacial score (nSPS) is 19.1. The lowest BCUT2D eigenvalue weighted by atomic mass is 10.0. The number of nitrogens with two attached hydrogens (primary N) is 1. The number of nitrogens with one attached hydrogen (secondary N) is 1. The van der Waals surface area contributed by atoms with Crippen LogP contribution < -0.4 is 15.8 Å². The quantitative estimate of drug-likeness (QED) is 0.873. The Morgan fingerprint density at radius 2 is 2.32 bits per heavy atom. The van der Waals surface area contributed by atoms with E-state index < -0.39 is 5.91 Å². The van der Waals surface area contributed by atoms with Crippen LogP contribution in [0.15, 0.2) is 22.7 Å². The van der Waals surface area contributed by atoms with E-state index in [0.717, 1.165) is 17.4 Å². The van der Waals surface area contributed by atoms with Crippen LogP contribution >= 0.6 is 15.9 Å². The van der Waals surface area contributed by atoms with Crippen LogP contribution in [0.5, 0.6) is 5.75 Å². The maximum atomic E-state index is 11.3. The third-order valence-electron chi connectivity index (χ3n) is 3.34. The Hall–Kier alpha value is -1.07. The molecule has 1 fully saturated rings. The lowest BCUT2D eigenvalue weighted by molar-refractivity contribution is 0.0996. The van der Waals surface area contributed by atoms with Crippen molar-refractivity contribution >= 4 is 21.8 Å². The van der Waals surface area contributed by atoms with Gasteiger partial charge in [-0.15, -0.1) is 0 Å². The fourth-order valence-corrected chi connectivity index (χ4v) is 2.66. The van der Waals surface area contributed by atoms with Gasteiger partial charge >= 0.3 is 0 Å².